The van der Waals surface area contributed by atoms with Crippen LogP contribution in [0.5, 0.6) is 0 Å². The number of carbonyl (C=O) groups excluding carboxylic acids is 1. The van der Waals surface area contributed by atoms with Crippen molar-refractivity contribution in [1.82, 2.24) is 4.90 Å². The summed E-state index contributed by atoms with van der Waals surface area (Å²) in [5, 5.41) is 10.3. The molecule has 12 heavy (non-hydrogen) atoms. The number of aliphatic hydroxyl groups is 1. The maximum absolute atomic E-state index is 11.3. The van der Waals surface area contributed by atoms with E-state index in [2.05, 4.69) is 15.9 Å². The Hall–Kier alpha value is -0.0900. The van der Waals surface area contributed by atoms with E-state index in [4.69, 9.17) is 0 Å². The molecule has 0 bridgehead atoms. The van der Waals surface area contributed by atoms with E-state index < -0.39 is 5.60 Å². The van der Waals surface area contributed by atoms with Gasteiger partial charge in [0, 0.05) is 24.8 Å². The van der Waals surface area contributed by atoms with E-state index in [9.17, 15) is 9.90 Å². The molecule has 1 heterocycles. The lowest BCUT2D eigenvalue weighted by atomic mass is 10.1. The molecule has 0 spiro atoms. The maximum Gasteiger partial charge on any atom is 0.223 e. The highest BCUT2D eigenvalue weighted by molar-refractivity contribution is 9.09. The SMILES string of the molecule is CC1(O)CCN(C(=O)CCBr)C1. The summed E-state index contributed by atoms with van der Waals surface area (Å²) in [6.07, 6.45) is 1.22. The number of nitrogens with zero attached hydrogens (tertiary/aromatic N) is 1. The quantitative estimate of drug-likeness (QED) is 0.719. The van der Waals surface area contributed by atoms with Gasteiger partial charge in [-0.25, -0.2) is 0 Å². The first-order chi connectivity index (χ1) is 5.55. The molecule has 0 radical (unpaired) electrons. The number of likely N-dealkylation sites (tertiary alicyclic amines) is 1. The molecule has 1 saturated heterocycles. The lowest BCUT2D eigenvalue weighted by Crippen LogP contribution is -2.33. The highest BCUT2D eigenvalue weighted by Gasteiger charge is 2.33. The lowest BCUT2D eigenvalue weighted by Gasteiger charge is -2.18. The number of hydrogen-bond acceptors (Lipinski definition) is 2. The van der Waals surface area contributed by atoms with Crippen molar-refractivity contribution in [2.24, 2.45) is 0 Å². The number of hydrogen-bond donors (Lipinski definition) is 1. The van der Waals surface area contributed by atoms with Crippen LogP contribution in [0.25, 0.3) is 0 Å². The minimum absolute atomic E-state index is 0.129. The summed E-state index contributed by atoms with van der Waals surface area (Å²) in [5.41, 5.74) is -0.665. The Bertz CT molecular complexity index is 182. The largest absolute Gasteiger partial charge is 0.388 e. The molecule has 0 aliphatic carbocycles. The molecule has 0 saturated carbocycles. The smallest absolute Gasteiger partial charge is 0.223 e. The van der Waals surface area contributed by atoms with Crippen molar-refractivity contribution in [3.8, 4) is 0 Å². The molecule has 0 aromatic rings. The van der Waals surface area contributed by atoms with E-state index in [1.807, 2.05) is 0 Å². The molecule has 1 aliphatic rings. The van der Waals surface area contributed by atoms with E-state index >= 15 is 0 Å². The summed E-state index contributed by atoms with van der Waals surface area (Å²) < 4.78 is 0. The van der Waals surface area contributed by atoms with E-state index in [0.717, 1.165) is 0 Å². The van der Waals surface area contributed by atoms with Crippen molar-refractivity contribution in [3.05, 3.63) is 0 Å². The van der Waals surface area contributed by atoms with Gasteiger partial charge in [0.2, 0.25) is 5.91 Å². The molecule has 3 nitrogen and oxygen atoms in total. The second-order valence-corrected chi connectivity index (χ2v) is 4.29. The maximum atomic E-state index is 11.3. The molecule has 1 aliphatic heterocycles. The van der Waals surface area contributed by atoms with Crippen LogP contribution in [-0.4, -0.2) is 39.9 Å². The van der Waals surface area contributed by atoms with Crippen LogP contribution in [0, 0.1) is 0 Å². The van der Waals surface area contributed by atoms with Crippen molar-refractivity contribution in [1.29, 1.82) is 0 Å². The Morgan fingerprint density at radius 3 is 2.83 bits per heavy atom. The molecule has 1 N–H and O–H groups in total. The average molecular weight is 236 g/mol. The molecular weight excluding hydrogens is 222 g/mol. The number of amides is 1. The third-order valence-corrected chi connectivity index (χ3v) is 2.51. The molecule has 1 rings (SSSR count). The Balaban J connectivity index is 2.41. The van der Waals surface area contributed by atoms with Crippen LogP contribution in [-0.2, 0) is 4.79 Å². The monoisotopic (exact) mass is 235 g/mol. The van der Waals surface area contributed by atoms with Gasteiger partial charge < -0.3 is 10.0 Å². The van der Waals surface area contributed by atoms with Crippen LogP contribution >= 0.6 is 15.9 Å². The zero-order valence-electron chi connectivity index (χ0n) is 7.22. The van der Waals surface area contributed by atoms with Gasteiger partial charge in [-0.15, -0.1) is 0 Å². The second kappa shape index (κ2) is 3.75. The Kier molecular flexibility index (Phi) is 3.12. The molecule has 70 valence electrons. The van der Waals surface area contributed by atoms with Crippen LogP contribution < -0.4 is 0 Å². The molecule has 1 fully saturated rings. The van der Waals surface area contributed by atoms with Crippen LogP contribution in [0.15, 0.2) is 0 Å². The topological polar surface area (TPSA) is 40.5 Å². The summed E-state index contributed by atoms with van der Waals surface area (Å²) in [6.45, 7) is 2.95. The van der Waals surface area contributed by atoms with Gasteiger partial charge in [-0.05, 0) is 13.3 Å². The standard InChI is InChI=1S/C8H14BrNO2/c1-8(12)3-5-10(6-8)7(11)2-4-9/h12H,2-6H2,1H3. The predicted molar refractivity (Wildman–Crippen MR) is 50.2 cm³/mol. The molecule has 0 aromatic heterocycles. The average Bonchev–Trinajstić information content (AvgIpc) is 2.31. The molecule has 1 atom stereocenters. The summed E-state index contributed by atoms with van der Waals surface area (Å²) >= 11 is 3.22. The van der Waals surface area contributed by atoms with Gasteiger partial charge >= 0.3 is 0 Å². The summed E-state index contributed by atoms with van der Waals surface area (Å²) in [7, 11) is 0. The molecule has 1 amide bonds. The second-order valence-electron chi connectivity index (χ2n) is 3.50. The van der Waals surface area contributed by atoms with Crippen molar-refractivity contribution >= 4 is 21.8 Å². The van der Waals surface area contributed by atoms with E-state index in [-0.39, 0.29) is 5.91 Å². The zero-order valence-corrected chi connectivity index (χ0v) is 8.80. The van der Waals surface area contributed by atoms with Gasteiger partial charge in [-0.2, -0.15) is 0 Å². The number of rotatable bonds is 2. The van der Waals surface area contributed by atoms with Gasteiger partial charge in [-0.1, -0.05) is 15.9 Å². The minimum atomic E-state index is -0.665. The van der Waals surface area contributed by atoms with Crippen LogP contribution in [0.1, 0.15) is 19.8 Å². The number of carbonyl (C=O) groups is 1. The van der Waals surface area contributed by atoms with Crippen LogP contribution in [0.3, 0.4) is 0 Å². The first-order valence-electron chi connectivity index (χ1n) is 4.11. The summed E-state index contributed by atoms with van der Waals surface area (Å²) in [6, 6.07) is 0. The third kappa shape index (κ3) is 2.45. The van der Waals surface area contributed by atoms with Gasteiger partial charge in [0.1, 0.15) is 0 Å². The van der Waals surface area contributed by atoms with E-state index in [1.165, 1.54) is 0 Å². The summed E-state index contributed by atoms with van der Waals surface area (Å²) in [4.78, 5) is 13.0. The fourth-order valence-electron chi connectivity index (χ4n) is 1.40. The van der Waals surface area contributed by atoms with Gasteiger partial charge in [-0.3, -0.25) is 4.79 Å². The Morgan fingerprint density at radius 1 is 1.75 bits per heavy atom. The predicted octanol–water partition coefficient (Wildman–Crippen LogP) is 0.755. The highest BCUT2D eigenvalue weighted by atomic mass is 79.9. The first kappa shape index (κ1) is 9.99. The molecule has 4 heteroatoms. The van der Waals surface area contributed by atoms with Gasteiger partial charge in [0.05, 0.1) is 5.60 Å². The fourth-order valence-corrected chi connectivity index (χ4v) is 1.74. The number of alkyl halides is 1. The normalized spacial score (nSPS) is 29.4. The van der Waals surface area contributed by atoms with Crippen molar-refractivity contribution in [2.45, 2.75) is 25.4 Å². The molecular formula is C8H14BrNO2. The fraction of sp³-hybridized carbons (Fsp3) is 0.875. The Labute approximate surface area is 80.9 Å². The van der Waals surface area contributed by atoms with Gasteiger partial charge in [0.15, 0.2) is 0 Å². The lowest BCUT2D eigenvalue weighted by molar-refractivity contribution is -0.130. The van der Waals surface area contributed by atoms with E-state index in [0.29, 0.717) is 31.3 Å². The van der Waals surface area contributed by atoms with Crippen molar-refractivity contribution in [3.63, 3.8) is 0 Å². The number of halogens is 1. The Morgan fingerprint density at radius 2 is 2.42 bits per heavy atom. The molecule has 0 aromatic carbocycles. The van der Waals surface area contributed by atoms with Crippen molar-refractivity contribution < 1.29 is 9.90 Å². The third-order valence-electron chi connectivity index (χ3n) is 2.11. The minimum Gasteiger partial charge on any atom is -0.388 e. The van der Waals surface area contributed by atoms with Gasteiger partial charge in [0.25, 0.3) is 0 Å². The van der Waals surface area contributed by atoms with E-state index in [1.54, 1.807) is 11.8 Å². The van der Waals surface area contributed by atoms with Crippen LogP contribution in [0.2, 0.25) is 0 Å². The first-order valence-corrected chi connectivity index (χ1v) is 5.23. The number of β-amino-alcohol motifs (C(OH)–C–C–N with tert-alkyl or cyclic N) is 1. The van der Waals surface area contributed by atoms with Crippen molar-refractivity contribution in [2.75, 3.05) is 18.4 Å². The van der Waals surface area contributed by atoms with Crippen LogP contribution in [0.4, 0.5) is 0 Å². The highest BCUT2D eigenvalue weighted by Crippen LogP contribution is 2.20. The summed E-state index contributed by atoms with van der Waals surface area (Å²) in [5.74, 6) is 0.129. The molecule has 1 unspecified atom stereocenters. The zero-order chi connectivity index (χ0) is 9.19.